The van der Waals surface area contributed by atoms with Crippen molar-refractivity contribution in [2.45, 2.75) is 0 Å². The number of hydrogen-bond acceptors (Lipinski definition) is 2. The van der Waals surface area contributed by atoms with E-state index in [4.69, 9.17) is 9.97 Å². The van der Waals surface area contributed by atoms with Crippen molar-refractivity contribution in [3.05, 3.63) is 364 Å². The monoisotopic (exact) mass is 1270 g/mol. The Bertz CT molecular complexity index is 6780. The number of fused-ring (bicyclic) bond motifs is 15. The predicted molar refractivity (Wildman–Crippen MR) is 420 cm³/mol. The molecule has 0 atom stereocenters. The molecule has 5 aromatic heterocycles. The van der Waals surface area contributed by atoms with E-state index in [-0.39, 0.29) is 0 Å². The first-order chi connectivity index (χ1) is 49.6. The number of hydrogen-bond donors (Lipinski definition) is 0. The van der Waals surface area contributed by atoms with Gasteiger partial charge < -0.3 is 13.7 Å². The van der Waals surface area contributed by atoms with Crippen LogP contribution in [0.25, 0.3) is 187 Å². The van der Waals surface area contributed by atoms with Gasteiger partial charge in [-0.25, -0.2) is 9.97 Å². The van der Waals surface area contributed by atoms with Crippen LogP contribution in [-0.4, -0.2) is 28.2 Å². The van der Waals surface area contributed by atoms with Crippen molar-refractivity contribution in [3.8, 4) is 67.6 Å². The molecule has 0 saturated heterocycles. The summed E-state index contributed by atoms with van der Waals surface area (Å²) >= 11 is 0. The van der Waals surface area contributed by atoms with Gasteiger partial charge in [-0.15, -0.1) is 0 Å². The highest BCUT2D eigenvalue weighted by Gasteiger charge is 2.22. The Hall–Kier alpha value is -13.4. The number of aromatic nitrogens is 6. The van der Waals surface area contributed by atoms with E-state index in [0.29, 0.717) is 5.95 Å². The second-order valence-corrected chi connectivity index (χ2v) is 26.1. The maximum absolute atomic E-state index is 5.40. The Morgan fingerprint density at radius 1 is 0.170 bits per heavy atom. The molecule has 0 aliphatic carbocycles. The summed E-state index contributed by atoms with van der Waals surface area (Å²) in [6, 6.07) is 131. The zero-order valence-corrected chi connectivity index (χ0v) is 54.3. The molecule has 0 amide bonds. The zero-order valence-electron chi connectivity index (χ0n) is 54.3. The molecule has 0 aliphatic heterocycles. The van der Waals surface area contributed by atoms with Crippen LogP contribution < -0.4 is 0 Å². The molecule has 21 aromatic rings. The van der Waals surface area contributed by atoms with Crippen LogP contribution in [-0.2, 0) is 0 Å². The molecule has 0 unspecified atom stereocenters. The molecule has 0 saturated carbocycles. The highest BCUT2D eigenvalue weighted by atomic mass is 15.2. The Kier molecular flexibility index (Phi) is 13.2. The lowest BCUT2D eigenvalue weighted by molar-refractivity contribution is 1.01. The van der Waals surface area contributed by atoms with Crippen molar-refractivity contribution in [1.82, 2.24) is 28.2 Å². The van der Waals surface area contributed by atoms with Crippen LogP contribution in [0.2, 0.25) is 0 Å². The van der Waals surface area contributed by atoms with Crippen LogP contribution in [0.3, 0.4) is 0 Å². The SMILES string of the molecule is c1ccc(-c2ccc(-n3c4ccccc4c4cc(-c5ccc6c(c5)c5ccccc5n6-c5cccc(-c6ccccc6)c5)ccc43)cc2)cc1.c1ccc2cc(-c3nc(-n4c5ccc(-n6c7ccccc7c7ccccc76)cc5c5cc6ccccc6cc54)nc4ccccc34)ccc2c1. The maximum atomic E-state index is 5.40. The van der Waals surface area contributed by atoms with E-state index in [9.17, 15) is 0 Å². The molecular weight excluding hydrogens is 1210 g/mol. The molecule has 21 rings (SSSR count). The van der Waals surface area contributed by atoms with Crippen molar-refractivity contribution in [3.63, 3.8) is 0 Å². The average Bonchev–Trinajstić information content (AvgIpc) is 1.57. The Labute approximate surface area is 576 Å². The molecule has 6 heteroatoms. The molecule has 0 fully saturated rings. The minimum absolute atomic E-state index is 0.659. The molecule has 6 nitrogen and oxygen atoms in total. The van der Waals surface area contributed by atoms with Crippen LogP contribution in [0.15, 0.2) is 364 Å². The van der Waals surface area contributed by atoms with Crippen molar-refractivity contribution in [2.75, 3.05) is 0 Å². The minimum Gasteiger partial charge on any atom is -0.309 e. The Balaban J connectivity index is 0.000000135. The molecule has 0 bridgehead atoms. The van der Waals surface area contributed by atoms with Crippen LogP contribution in [0, 0.1) is 0 Å². The van der Waals surface area contributed by atoms with Crippen molar-refractivity contribution < 1.29 is 0 Å². The zero-order chi connectivity index (χ0) is 65.8. The second-order valence-electron chi connectivity index (χ2n) is 26.1. The van der Waals surface area contributed by atoms with Crippen molar-refractivity contribution in [1.29, 1.82) is 0 Å². The van der Waals surface area contributed by atoms with E-state index in [0.717, 1.165) is 55.6 Å². The first-order valence-corrected chi connectivity index (χ1v) is 34.2. The van der Waals surface area contributed by atoms with Gasteiger partial charge in [-0.3, -0.25) is 4.57 Å². The van der Waals surface area contributed by atoms with Crippen LogP contribution in [0.5, 0.6) is 0 Å². The molecule has 16 aromatic carbocycles. The third-order valence-electron chi connectivity index (χ3n) is 20.4. The van der Waals surface area contributed by atoms with Gasteiger partial charge in [-0.2, -0.15) is 0 Å². The predicted octanol–water partition coefficient (Wildman–Crippen LogP) is 24.7. The van der Waals surface area contributed by atoms with Crippen molar-refractivity contribution in [2.24, 2.45) is 0 Å². The summed E-state index contributed by atoms with van der Waals surface area (Å²) in [5, 5.41) is 15.7. The van der Waals surface area contributed by atoms with Gasteiger partial charge in [0.15, 0.2) is 0 Å². The topological polar surface area (TPSA) is 45.5 Å². The molecular formula is C94H60N6. The van der Waals surface area contributed by atoms with Crippen LogP contribution >= 0.6 is 0 Å². The molecule has 0 N–H and O–H groups in total. The molecule has 100 heavy (non-hydrogen) atoms. The largest absolute Gasteiger partial charge is 0.309 e. The van der Waals surface area contributed by atoms with E-state index in [2.05, 4.69) is 382 Å². The first kappa shape index (κ1) is 56.9. The number of nitrogens with zero attached hydrogens (tertiary/aromatic N) is 6. The second kappa shape index (κ2) is 23.2. The summed E-state index contributed by atoms with van der Waals surface area (Å²) in [4.78, 5) is 10.6. The van der Waals surface area contributed by atoms with E-state index >= 15 is 0 Å². The smallest absolute Gasteiger partial charge is 0.235 e. The third kappa shape index (κ3) is 9.34. The molecule has 0 radical (unpaired) electrons. The highest BCUT2D eigenvalue weighted by Crippen LogP contribution is 2.42. The molecule has 5 heterocycles. The molecule has 466 valence electrons. The molecule has 0 aliphatic rings. The van der Waals surface area contributed by atoms with Gasteiger partial charge in [0.1, 0.15) is 0 Å². The standard InChI is InChI=1S/C48H32N2.C46H28N4/c1-3-12-33(13-4-1)35-22-26-39(27-23-35)49-45-20-9-7-18-41(45)43-31-37(24-28-47(43)49)38-25-29-48-44(32-38)42-19-8-10-21-46(42)50(48)40-17-11-16-36(30-40)34-14-5-2-6-15-34;1-2-12-30-25-33(22-21-29(30)11-1)45-37-17-5-8-18-40(37)47-46(48-45)50-43-24-23-34(28-39(43)38-26-31-13-3-4-14-32(31)27-44(38)50)49-41-19-9-6-15-35(41)36-16-7-10-20-42(36)49/h1-32H;1-28H. The maximum Gasteiger partial charge on any atom is 0.235 e. The average molecular weight is 1270 g/mol. The van der Waals surface area contributed by atoms with E-state index < -0.39 is 0 Å². The fourth-order valence-electron chi connectivity index (χ4n) is 15.7. The van der Waals surface area contributed by atoms with Gasteiger partial charge in [0.2, 0.25) is 5.95 Å². The minimum atomic E-state index is 0.659. The fourth-order valence-corrected chi connectivity index (χ4v) is 15.7. The quantitative estimate of drug-likeness (QED) is 0.152. The fraction of sp³-hybridized carbons (Fsp3) is 0. The van der Waals surface area contributed by atoms with Gasteiger partial charge in [0, 0.05) is 71.1 Å². The summed E-state index contributed by atoms with van der Waals surface area (Å²) in [6.07, 6.45) is 0. The van der Waals surface area contributed by atoms with E-state index in [1.165, 1.54) is 126 Å². The number of para-hydroxylation sites is 5. The van der Waals surface area contributed by atoms with Crippen LogP contribution in [0.4, 0.5) is 0 Å². The van der Waals surface area contributed by atoms with Crippen LogP contribution in [0.1, 0.15) is 0 Å². The highest BCUT2D eigenvalue weighted by molar-refractivity contribution is 6.16. The summed E-state index contributed by atoms with van der Waals surface area (Å²) in [6.45, 7) is 0. The summed E-state index contributed by atoms with van der Waals surface area (Å²) in [5.41, 5.74) is 23.0. The summed E-state index contributed by atoms with van der Waals surface area (Å²) in [5.74, 6) is 0.659. The van der Waals surface area contributed by atoms with E-state index in [1.807, 2.05) is 0 Å². The lowest BCUT2D eigenvalue weighted by atomic mass is 10.0. The molecule has 0 spiro atoms. The lowest BCUT2D eigenvalue weighted by Gasteiger charge is -2.13. The Morgan fingerprint density at radius 3 is 1.16 bits per heavy atom. The summed E-state index contributed by atoms with van der Waals surface area (Å²) in [7, 11) is 0. The third-order valence-corrected chi connectivity index (χ3v) is 20.4. The normalized spacial score (nSPS) is 11.8. The lowest BCUT2D eigenvalue weighted by Crippen LogP contribution is -2.03. The van der Waals surface area contributed by atoms with Gasteiger partial charge >= 0.3 is 0 Å². The Morgan fingerprint density at radius 2 is 0.550 bits per heavy atom. The summed E-state index contributed by atoms with van der Waals surface area (Å²) < 4.78 is 9.44. The number of rotatable bonds is 8. The van der Waals surface area contributed by atoms with Gasteiger partial charge in [-0.1, -0.05) is 249 Å². The van der Waals surface area contributed by atoms with Crippen molar-refractivity contribution >= 4 is 120 Å². The first-order valence-electron chi connectivity index (χ1n) is 34.2. The number of benzene rings is 16. The van der Waals surface area contributed by atoms with Gasteiger partial charge in [-0.05, 0) is 170 Å². The van der Waals surface area contributed by atoms with Gasteiger partial charge in [0.25, 0.3) is 0 Å². The van der Waals surface area contributed by atoms with Gasteiger partial charge in [0.05, 0.1) is 55.3 Å². The van der Waals surface area contributed by atoms with E-state index in [1.54, 1.807) is 0 Å².